The molecule has 0 aromatic heterocycles. The number of fused-ring (bicyclic) bond motifs is 1. The van der Waals surface area contributed by atoms with Gasteiger partial charge >= 0.3 is 0 Å². The van der Waals surface area contributed by atoms with E-state index >= 15 is 0 Å². The highest BCUT2D eigenvalue weighted by atomic mass is 32.1. The number of amides is 1. The molecule has 24 heavy (non-hydrogen) atoms. The molecule has 0 bridgehead atoms. The molecule has 1 amide bonds. The fourth-order valence-corrected chi connectivity index (χ4v) is 2.54. The van der Waals surface area contributed by atoms with Crippen LogP contribution in [0.1, 0.15) is 5.56 Å². The van der Waals surface area contributed by atoms with Gasteiger partial charge in [0.15, 0.2) is 5.11 Å². The molecule has 0 spiro atoms. The number of benzene rings is 3. The first-order valence-electron chi connectivity index (χ1n) is 7.54. The highest BCUT2D eigenvalue weighted by Crippen LogP contribution is 2.18. The maximum absolute atomic E-state index is 11.9. The Labute approximate surface area is 146 Å². The molecule has 4 heteroatoms. The van der Waals surface area contributed by atoms with E-state index in [0.717, 1.165) is 22.0 Å². The third kappa shape index (κ3) is 4.27. The summed E-state index contributed by atoms with van der Waals surface area (Å²) in [5.41, 5.74) is 1.80. The van der Waals surface area contributed by atoms with Crippen LogP contribution in [0.15, 0.2) is 78.9 Å². The highest BCUT2D eigenvalue weighted by molar-refractivity contribution is 7.80. The van der Waals surface area contributed by atoms with Crippen LogP contribution in [-0.4, -0.2) is 11.0 Å². The molecule has 0 saturated carbocycles. The SMILES string of the molecule is O=C(/C=C\c1ccccc1)NC(=S)Nc1ccc2ccccc2c1. The maximum atomic E-state index is 11.9. The minimum atomic E-state index is -0.267. The van der Waals surface area contributed by atoms with E-state index in [1.54, 1.807) is 6.08 Å². The number of carbonyl (C=O) groups is 1. The van der Waals surface area contributed by atoms with Gasteiger partial charge in [-0.25, -0.2) is 0 Å². The molecule has 2 N–H and O–H groups in total. The summed E-state index contributed by atoms with van der Waals surface area (Å²) >= 11 is 5.19. The van der Waals surface area contributed by atoms with Gasteiger partial charge in [0.25, 0.3) is 0 Å². The van der Waals surface area contributed by atoms with Crippen molar-refractivity contribution in [2.75, 3.05) is 5.32 Å². The second-order valence-corrected chi connectivity index (χ2v) is 5.66. The second-order valence-electron chi connectivity index (χ2n) is 5.25. The Morgan fingerprint density at radius 2 is 1.58 bits per heavy atom. The molecule has 0 saturated heterocycles. The van der Waals surface area contributed by atoms with Crippen molar-refractivity contribution < 1.29 is 4.79 Å². The third-order valence-electron chi connectivity index (χ3n) is 3.47. The predicted octanol–water partition coefficient (Wildman–Crippen LogP) is 4.37. The van der Waals surface area contributed by atoms with E-state index in [-0.39, 0.29) is 11.0 Å². The zero-order valence-electron chi connectivity index (χ0n) is 12.9. The summed E-state index contributed by atoms with van der Waals surface area (Å²) in [6, 6.07) is 23.6. The van der Waals surface area contributed by atoms with Crippen LogP contribution < -0.4 is 10.6 Å². The Morgan fingerprint density at radius 3 is 2.38 bits per heavy atom. The smallest absolute Gasteiger partial charge is 0.250 e. The molecule has 0 radical (unpaired) electrons. The van der Waals surface area contributed by atoms with E-state index in [1.807, 2.05) is 72.8 Å². The average molecular weight is 332 g/mol. The van der Waals surface area contributed by atoms with Crippen molar-refractivity contribution in [2.45, 2.75) is 0 Å². The number of thiocarbonyl (C=S) groups is 1. The van der Waals surface area contributed by atoms with Crippen LogP contribution in [0.5, 0.6) is 0 Å². The van der Waals surface area contributed by atoms with Crippen LogP contribution in [0.25, 0.3) is 16.8 Å². The molecule has 3 aromatic carbocycles. The van der Waals surface area contributed by atoms with Crippen molar-refractivity contribution >= 4 is 45.8 Å². The lowest BCUT2D eigenvalue weighted by molar-refractivity contribution is -0.115. The summed E-state index contributed by atoms with van der Waals surface area (Å²) in [4.78, 5) is 11.9. The summed E-state index contributed by atoms with van der Waals surface area (Å²) in [6.45, 7) is 0. The van der Waals surface area contributed by atoms with Gasteiger partial charge in [-0.2, -0.15) is 0 Å². The molecule has 0 fully saturated rings. The zero-order chi connectivity index (χ0) is 16.8. The standard InChI is InChI=1S/C20H16N2OS/c23-19(13-10-15-6-2-1-3-7-15)22-20(24)21-18-12-11-16-8-4-5-9-17(16)14-18/h1-14H,(H2,21,22,23,24)/b13-10-. The molecule has 0 aliphatic heterocycles. The van der Waals surface area contributed by atoms with Crippen molar-refractivity contribution in [1.29, 1.82) is 0 Å². The van der Waals surface area contributed by atoms with Crippen molar-refractivity contribution in [3.63, 3.8) is 0 Å². The van der Waals surface area contributed by atoms with E-state index in [4.69, 9.17) is 12.2 Å². The number of anilines is 1. The first-order chi connectivity index (χ1) is 11.7. The molecule has 0 aliphatic rings. The first kappa shape index (κ1) is 15.9. The lowest BCUT2D eigenvalue weighted by Crippen LogP contribution is -2.32. The third-order valence-corrected chi connectivity index (χ3v) is 3.67. The maximum Gasteiger partial charge on any atom is 0.250 e. The zero-order valence-corrected chi connectivity index (χ0v) is 13.7. The second kappa shape index (κ2) is 7.53. The van der Waals surface area contributed by atoms with Gasteiger partial charge in [0.2, 0.25) is 5.91 Å². The first-order valence-corrected chi connectivity index (χ1v) is 7.95. The monoisotopic (exact) mass is 332 g/mol. The molecule has 0 atom stereocenters. The Bertz CT molecular complexity index is 904. The van der Waals surface area contributed by atoms with Crippen LogP contribution >= 0.6 is 12.2 Å². The molecular weight excluding hydrogens is 316 g/mol. The van der Waals surface area contributed by atoms with Gasteiger partial charge in [-0.05, 0) is 46.8 Å². The van der Waals surface area contributed by atoms with Crippen molar-refractivity contribution in [1.82, 2.24) is 5.32 Å². The molecular formula is C20H16N2OS. The Morgan fingerprint density at radius 1 is 0.875 bits per heavy atom. The molecule has 3 aromatic rings. The van der Waals surface area contributed by atoms with Crippen molar-refractivity contribution in [3.8, 4) is 0 Å². The predicted molar refractivity (Wildman–Crippen MR) is 104 cm³/mol. The Hall–Kier alpha value is -2.98. The molecule has 0 aliphatic carbocycles. The number of nitrogens with one attached hydrogen (secondary N) is 2. The summed E-state index contributed by atoms with van der Waals surface area (Å²) in [5.74, 6) is -0.267. The van der Waals surface area contributed by atoms with Gasteiger partial charge in [0, 0.05) is 11.8 Å². The van der Waals surface area contributed by atoms with Crippen molar-refractivity contribution in [2.24, 2.45) is 0 Å². The quantitative estimate of drug-likeness (QED) is 0.553. The number of hydrogen-bond donors (Lipinski definition) is 2. The number of rotatable bonds is 3. The normalized spacial score (nSPS) is 10.7. The Balaban J connectivity index is 1.60. The van der Waals surface area contributed by atoms with Gasteiger partial charge in [-0.1, -0.05) is 60.7 Å². The summed E-state index contributed by atoms with van der Waals surface area (Å²) in [5, 5.41) is 8.21. The molecule has 3 nitrogen and oxygen atoms in total. The van der Waals surface area contributed by atoms with E-state index in [1.165, 1.54) is 6.08 Å². The van der Waals surface area contributed by atoms with E-state index in [9.17, 15) is 4.79 Å². The lowest BCUT2D eigenvalue weighted by atomic mass is 10.1. The molecule has 0 unspecified atom stereocenters. The average Bonchev–Trinajstić information content (AvgIpc) is 2.60. The summed E-state index contributed by atoms with van der Waals surface area (Å²) in [7, 11) is 0. The number of carbonyl (C=O) groups excluding carboxylic acids is 1. The van der Waals surface area contributed by atoms with Crippen molar-refractivity contribution in [3.05, 3.63) is 84.4 Å². The lowest BCUT2D eigenvalue weighted by Gasteiger charge is -2.09. The summed E-state index contributed by atoms with van der Waals surface area (Å²) < 4.78 is 0. The Kier molecular flexibility index (Phi) is 4.99. The fraction of sp³-hybridized carbons (Fsp3) is 0. The van der Waals surface area contributed by atoms with Crippen LogP contribution in [0.2, 0.25) is 0 Å². The van der Waals surface area contributed by atoms with E-state index < -0.39 is 0 Å². The fourth-order valence-electron chi connectivity index (χ4n) is 2.32. The van der Waals surface area contributed by atoms with Gasteiger partial charge in [0.1, 0.15) is 0 Å². The van der Waals surface area contributed by atoms with Crippen LogP contribution in [-0.2, 0) is 4.79 Å². The van der Waals surface area contributed by atoms with Gasteiger partial charge in [-0.15, -0.1) is 0 Å². The summed E-state index contributed by atoms with van der Waals surface area (Å²) in [6.07, 6.45) is 3.21. The van der Waals surface area contributed by atoms with Crippen LogP contribution in [0.3, 0.4) is 0 Å². The van der Waals surface area contributed by atoms with Gasteiger partial charge in [-0.3, -0.25) is 10.1 Å². The van der Waals surface area contributed by atoms with Crippen LogP contribution in [0, 0.1) is 0 Å². The van der Waals surface area contributed by atoms with Gasteiger partial charge in [0.05, 0.1) is 0 Å². The molecule has 3 rings (SSSR count). The molecule has 0 heterocycles. The topological polar surface area (TPSA) is 41.1 Å². The highest BCUT2D eigenvalue weighted by Gasteiger charge is 2.02. The van der Waals surface area contributed by atoms with E-state index in [2.05, 4.69) is 10.6 Å². The molecule has 118 valence electrons. The van der Waals surface area contributed by atoms with Crippen LogP contribution in [0.4, 0.5) is 5.69 Å². The largest absolute Gasteiger partial charge is 0.332 e. The minimum absolute atomic E-state index is 0.267. The van der Waals surface area contributed by atoms with Gasteiger partial charge < -0.3 is 5.32 Å². The van der Waals surface area contributed by atoms with E-state index in [0.29, 0.717) is 0 Å². The number of hydrogen-bond acceptors (Lipinski definition) is 2. The minimum Gasteiger partial charge on any atom is -0.332 e.